The molecule has 0 unspecified atom stereocenters. The molecule has 33 heavy (non-hydrogen) atoms. The third-order valence-corrected chi connectivity index (χ3v) is 7.40. The van der Waals surface area contributed by atoms with E-state index in [0.29, 0.717) is 12.2 Å². The highest BCUT2D eigenvalue weighted by Crippen LogP contribution is 2.37. The zero-order valence-corrected chi connectivity index (χ0v) is 19.0. The Morgan fingerprint density at radius 3 is 2.76 bits per heavy atom. The molecule has 0 bridgehead atoms. The third-order valence-electron chi connectivity index (χ3n) is 6.16. The molecule has 1 aliphatic rings. The Labute approximate surface area is 193 Å². The number of pyridine rings is 1. The molecule has 0 saturated carbocycles. The maximum absolute atomic E-state index is 13.3. The van der Waals surface area contributed by atoms with E-state index in [1.165, 1.54) is 21.3 Å². The van der Waals surface area contributed by atoms with Gasteiger partial charge in [0.05, 0.1) is 24.7 Å². The van der Waals surface area contributed by atoms with Gasteiger partial charge in [0, 0.05) is 30.7 Å². The van der Waals surface area contributed by atoms with Gasteiger partial charge in [0.25, 0.3) is 0 Å². The number of hydrogen-bond acceptors (Lipinski definition) is 7. The Morgan fingerprint density at radius 2 is 1.97 bits per heavy atom. The lowest BCUT2D eigenvalue weighted by atomic mass is 10.0. The predicted molar refractivity (Wildman–Crippen MR) is 127 cm³/mol. The topological polar surface area (TPSA) is 77.5 Å². The van der Waals surface area contributed by atoms with E-state index in [4.69, 9.17) is 4.74 Å². The lowest BCUT2D eigenvalue weighted by molar-refractivity contribution is 0.246. The molecule has 9 heteroatoms. The third kappa shape index (κ3) is 3.49. The van der Waals surface area contributed by atoms with Gasteiger partial charge in [0.2, 0.25) is 0 Å². The van der Waals surface area contributed by atoms with Crippen LogP contribution in [0.25, 0.3) is 15.9 Å². The van der Waals surface area contributed by atoms with E-state index in [2.05, 4.69) is 26.0 Å². The van der Waals surface area contributed by atoms with Crippen LogP contribution < -0.4 is 10.4 Å². The molecular weight excluding hydrogens is 436 g/mol. The SMILES string of the molecule is COc1ccc(Cn2c(=O)n3ncnc3c3c4c(sc32)CN(Cc2ccccn2)CC4)cc1. The number of hydrogen-bond donors (Lipinski definition) is 0. The molecule has 1 aromatic carbocycles. The van der Waals surface area contributed by atoms with E-state index in [9.17, 15) is 4.79 Å². The Hall–Kier alpha value is -3.56. The Kier molecular flexibility index (Phi) is 4.92. The second-order valence-electron chi connectivity index (χ2n) is 8.18. The van der Waals surface area contributed by atoms with Crippen LogP contribution in [0.15, 0.2) is 59.8 Å². The fourth-order valence-electron chi connectivity index (χ4n) is 4.52. The standard InChI is InChI=1S/C24H22N6O2S/c1-32-18-7-5-16(6-8-18)12-29-23-21(22-26-15-27-30(22)24(29)31)19-9-11-28(14-20(19)33-23)13-17-4-2-3-10-25-17/h2-8,10,15H,9,11-14H2,1H3. The van der Waals surface area contributed by atoms with Crippen molar-refractivity contribution in [1.82, 2.24) is 29.0 Å². The van der Waals surface area contributed by atoms with E-state index >= 15 is 0 Å². The molecule has 0 atom stereocenters. The minimum absolute atomic E-state index is 0.172. The second kappa shape index (κ2) is 8.09. The zero-order chi connectivity index (χ0) is 22.4. The summed E-state index contributed by atoms with van der Waals surface area (Å²) in [5.74, 6) is 0.794. The second-order valence-corrected chi connectivity index (χ2v) is 9.26. The maximum atomic E-state index is 13.3. The summed E-state index contributed by atoms with van der Waals surface area (Å²) in [6.45, 7) is 3.05. The first-order chi connectivity index (χ1) is 16.2. The normalized spacial score (nSPS) is 14.1. The summed E-state index contributed by atoms with van der Waals surface area (Å²) in [6, 6.07) is 13.8. The summed E-state index contributed by atoms with van der Waals surface area (Å²) in [5, 5.41) is 5.29. The number of fused-ring (bicyclic) bond motifs is 5. The van der Waals surface area contributed by atoms with Gasteiger partial charge >= 0.3 is 5.69 Å². The molecule has 166 valence electrons. The highest BCUT2D eigenvalue weighted by atomic mass is 32.1. The van der Waals surface area contributed by atoms with Crippen LogP contribution in [0, 0.1) is 0 Å². The zero-order valence-electron chi connectivity index (χ0n) is 18.1. The smallest absolute Gasteiger partial charge is 0.352 e. The van der Waals surface area contributed by atoms with Crippen LogP contribution in [0.3, 0.4) is 0 Å². The van der Waals surface area contributed by atoms with Crippen LogP contribution in [0.1, 0.15) is 21.7 Å². The van der Waals surface area contributed by atoms with Gasteiger partial charge in [-0.1, -0.05) is 18.2 Å². The predicted octanol–water partition coefficient (Wildman–Crippen LogP) is 3.12. The summed E-state index contributed by atoms with van der Waals surface area (Å²) in [6.07, 6.45) is 4.21. The van der Waals surface area contributed by atoms with Gasteiger partial charge < -0.3 is 4.74 Å². The molecule has 0 fully saturated rings. The molecular formula is C24H22N6O2S. The number of thiophene rings is 1. The minimum Gasteiger partial charge on any atom is -0.497 e. The summed E-state index contributed by atoms with van der Waals surface area (Å²) in [4.78, 5) is 26.9. The van der Waals surface area contributed by atoms with Crippen molar-refractivity contribution in [2.45, 2.75) is 26.1 Å². The quantitative estimate of drug-likeness (QED) is 0.403. The molecule has 5 heterocycles. The first kappa shape index (κ1) is 20.1. The fraction of sp³-hybridized carbons (Fsp3) is 0.250. The Morgan fingerprint density at radius 1 is 1.09 bits per heavy atom. The van der Waals surface area contributed by atoms with Gasteiger partial charge in [0.1, 0.15) is 16.9 Å². The van der Waals surface area contributed by atoms with Crippen molar-refractivity contribution in [2.24, 2.45) is 0 Å². The summed E-state index contributed by atoms with van der Waals surface area (Å²) >= 11 is 1.70. The first-order valence-corrected chi connectivity index (χ1v) is 11.6. The molecule has 0 spiro atoms. The van der Waals surface area contributed by atoms with Crippen molar-refractivity contribution in [1.29, 1.82) is 0 Å². The van der Waals surface area contributed by atoms with Crippen LogP contribution in [-0.4, -0.2) is 42.7 Å². The average molecular weight is 459 g/mol. The van der Waals surface area contributed by atoms with Crippen LogP contribution in [0.4, 0.5) is 0 Å². The molecule has 1 aliphatic heterocycles. The lowest BCUT2D eigenvalue weighted by Gasteiger charge is -2.26. The highest BCUT2D eigenvalue weighted by Gasteiger charge is 2.26. The number of ether oxygens (including phenoxy) is 1. The largest absolute Gasteiger partial charge is 0.497 e. The molecule has 0 radical (unpaired) electrons. The van der Waals surface area contributed by atoms with E-state index < -0.39 is 0 Å². The van der Waals surface area contributed by atoms with E-state index in [0.717, 1.165) is 53.3 Å². The van der Waals surface area contributed by atoms with Crippen LogP contribution in [-0.2, 0) is 26.1 Å². The Balaban J connectivity index is 1.43. The number of methoxy groups -OCH3 is 1. The van der Waals surface area contributed by atoms with E-state index in [1.54, 1.807) is 18.4 Å². The van der Waals surface area contributed by atoms with Gasteiger partial charge in [-0.05, 0) is 41.8 Å². The summed E-state index contributed by atoms with van der Waals surface area (Å²) < 4.78 is 8.52. The van der Waals surface area contributed by atoms with Crippen molar-refractivity contribution in [3.63, 3.8) is 0 Å². The molecule has 6 rings (SSSR count). The number of rotatable bonds is 5. The van der Waals surface area contributed by atoms with Gasteiger partial charge in [0.15, 0.2) is 5.65 Å². The van der Waals surface area contributed by atoms with Crippen molar-refractivity contribution >= 4 is 27.2 Å². The van der Waals surface area contributed by atoms with Crippen molar-refractivity contribution < 1.29 is 4.74 Å². The first-order valence-electron chi connectivity index (χ1n) is 10.8. The van der Waals surface area contributed by atoms with Gasteiger partial charge in [-0.15, -0.1) is 11.3 Å². The molecule has 5 aromatic rings. The molecule has 0 amide bonds. The molecule has 0 N–H and O–H groups in total. The maximum Gasteiger partial charge on any atom is 0.352 e. The molecule has 0 saturated heterocycles. The Bertz CT molecular complexity index is 1500. The monoisotopic (exact) mass is 458 g/mol. The van der Waals surface area contributed by atoms with Crippen LogP contribution in [0.2, 0.25) is 0 Å². The molecule has 8 nitrogen and oxygen atoms in total. The summed E-state index contributed by atoms with van der Waals surface area (Å²) in [7, 11) is 1.65. The van der Waals surface area contributed by atoms with Gasteiger partial charge in [-0.2, -0.15) is 9.61 Å². The van der Waals surface area contributed by atoms with E-state index in [1.807, 2.05) is 47.2 Å². The number of aromatic nitrogens is 5. The van der Waals surface area contributed by atoms with Crippen molar-refractivity contribution in [3.05, 3.63) is 87.2 Å². The van der Waals surface area contributed by atoms with Gasteiger partial charge in [-0.3, -0.25) is 14.5 Å². The molecule has 0 aliphatic carbocycles. The fourth-order valence-corrected chi connectivity index (χ4v) is 5.90. The van der Waals surface area contributed by atoms with E-state index in [-0.39, 0.29) is 5.69 Å². The van der Waals surface area contributed by atoms with Crippen molar-refractivity contribution in [3.8, 4) is 5.75 Å². The van der Waals surface area contributed by atoms with Crippen molar-refractivity contribution in [2.75, 3.05) is 13.7 Å². The van der Waals surface area contributed by atoms with Gasteiger partial charge in [-0.25, -0.2) is 9.78 Å². The highest BCUT2D eigenvalue weighted by molar-refractivity contribution is 7.19. The minimum atomic E-state index is -0.172. The van der Waals surface area contributed by atoms with Crippen LogP contribution in [0.5, 0.6) is 5.75 Å². The average Bonchev–Trinajstić information content (AvgIpc) is 3.47. The van der Waals surface area contributed by atoms with Crippen LogP contribution >= 0.6 is 11.3 Å². The summed E-state index contributed by atoms with van der Waals surface area (Å²) in [5.41, 5.74) is 3.86. The number of benzene rings is 1. The lowest BCUT2D eigenvalue weighted by Crippen LogP contribution is -2.30. The number of nitrogens with zero attached hydrogens (tertiary/aromatic N) is 6. The molecule has 4 aromatic heterocycles.